The van der Waals surface area contributed by atoms with Crippen LogP contribution in [0.1, 0.15) is 27.7 Å². The SMILES string of the molecule is C=c1cc(-c2ccc(F)cc2)o/c1=C/C(=C(C)C)N(C)S.CC. The van der Waals surface area contributed by atoms with E-state index in [0.29, 0.717) is 11.2 Å². The lowest BCUT2D eigenvalue weighted by molar-refractivity contribution is 0.543. The van der Waals surface area contributed by atoms with E-state index in [4.69, 9.17) is 4.42 Å². The second-order valence-electron chi connectivity index (χ2n) is 5.06. The van der Waals surface area contributed by atoms with Gasteiger partial charge in [-0.25, -0.2) is 4.39 Å². The number of thiol groups is 1. The van der Waals surface area contributed by atoms with Crippen LogP contribution in [0, 0.1) is 5.82 Å². The summed E-state index contributed by atoms with van der Waals surface area (Å²) in [5.41, 5.74) is 3.56. The molecule has 0 aliphatic carbocycles. The highest BCUT2D eigenvalue weighted by atomic mass is 32.1. The van der Waals surface area contributed by atoms with Crippen molar-refractivity contribution in [2.45, 2.75) is 27.7 Å². The van der Waals surface area contributed by atoms with Crippen molar-refractivity contribution >= 4 is 25.5 Å². The van der Waals surface area contributed by atoms with E-state index in [1.54, 1.807) is 16.4 Å². The predicted molar refractivity (Wildman–Crippen MR) is 99.8 cm³/mol. The Morgan fingerprint density at radius 3 is 2.26 bits per heavy atom. The molecular weight excluding hydrogens is 309 g/mol. The average Bonchev–Trinajstić information content (AvgIpc) is 2.88. The fourth-order valence-corrected chi connectivity index (χ4v) is 2.26. The molecule has 1 aromatic carbocycles. The van der Waals surface area contributed by atoms with E-state index in [0.717, 1.165) is 22.1 Å². The van der Waals surface area contributed by atoms with Crippen LogP contribution in [0.4, 0.5) is 4.39 Å². The zero-order chi connectivity index (χ0) is 17.6. The highest BCUT2D eigenvalue weighted by Crippen LogP contribution is 2.17. The van der Waals surface area contributed by atoms with Gasteiger partial charge in [-0.1, -0.05) is 38.8 Å². The highest BCUT2D eigenvalue weighted by molar-refractivity contribution is 7.77. The molecule has 0 aliphatic rings. The fraction of sp³-hybridized carbons (Fsp3) is 0.263. The van der Waals surface area contributed by atoms with Crippen LogP contribution in [0.2, 0.25) is 0 Å². The Labute approximate surface area is 143 Å². The van der Waals surface area contributed by atoms with E-state index in [-0.39, 0.29) is 5.82 Å². The number of hydrogen-bond donors (Lipinski definition) is 1. The van der Waals surface area contributed by atoms with E-state index in [1.807, 2.05) is 46.9 Å². The third-order valence-corrected chi connectivity index (χ3v) is 3.31. The molecule has 0 fully saturated rings. The predicted octanol–water partition coefficient (Wildman–Crippen LogP) is 4.37. The first kappa shape index (κ1) is 19.1. The van der Waals surface area contributed by atoms with Gasteiger partial charge in [-0.2, -0.15) is 0 Å². The van der Waals surface area contributed by atoms with Crippen LogP contribution < -0.4 is 10.6 Å². The van der Waals surface area contributed by atoms with Crippen molar-refractivity contribution in [3.8, 4) is 11.3 Å². The van der Waals surface area contributed by atoms with Crippen LogP contribution in [0.25, 0.3) is 24.0 Å². The number of furan rings is 1. The fourth-order valence-electron chi connectivity index (χ4n) is 2.01. The third-order valence-electron chi connectivity index (χ3n) is 3.10. The first-order valence-electron chi connectivity index (χ1n) is 7.55. The number of allylic oxidation sites excluding steroid dienone is 2. The molecule has 1 aromatic heterocycles. The molecular formula is C19H24FNOS. The van der Waals surface area contributed by atoms with Crippen LogP contribution >= 0.6 is 12.8 Å². The third kappa shape index (κ3) is 5.03. The van der Waals surface area contributed by atoms with E-state index < -0.39 is 0 Å². The van der Waals surface area contributed by atoms with Gasteiger partial charge in [0.2, 0.25) is 0 Å². The zero-order valence-corrected chi connectivity index (χ0v) is 15.2. The Morgan fingerprint density at radius 2 is 1.78 bits per heavy atom. The zero-order valence-electron chi connectivity index (χ0n) is 14.4. The topological polar surface area (TPSA) is 16.4 Å². The maximum Gasteiger partial charge on any atom is 0.136 e. The first-order valence-corrected chi connectivity index (χ1v) is 7.95. The Kier molecular flexibility index (Phi) is 7.17. The molecule has 2 nitrogen and oxygen atoms in total. The van der Waals surface area contributed by atoms with Crippen molar-refractivity contribution in [2.75, 3.05) is 7.05 Å². The number of benzene rings is 1. The van der Waals surface area contributed by atoms with Crippen LogP contribution in [-0.4, -0.2) is 11.4 Å². The maximum absolute atomic E-state index is 13.0. The first-order chi connectivity index (χ1) is 10.9. The van der Waals surface area contributed by atoms with Gasteiger partial charge in [-0.15, -0.1) is 0 Å². The smallest absolute Gasteiger partial charge is 0.136 e. The van der Waals surface area contributed by atoms with Crippen LogP contribution in [0.5, 0.6) is 0 Å². The molecule has 0 radical (unpaired) electrons. The normalized spacial score (nSPS) is 10.8. The van der Waals surface area contributed by atoms with Gasteiger partial charge in [0.05, 0.1) is 0 Å². The summed E-state index contributed by atoms with van der Waals surface area (Å²) < 4.78 is 20.5. The van der Waals surface area contributed by atoms with Crippen molar-refractivity contribution in [2.24, 2.45) is 0 Å². The molecule has 1 heterocycles. The van der Waals surface area contributed by atoms with E-state index in [2.05, 4.69) is 19.4 Å². The summed E-state index contributed by atoms with van der Waals surface area (Å²) >= 11 is 4.33. The number of nitrogens with zero attached hydrogens (tertiary/aromatic N) is 1. The summed E-state index contributed by atoms with van der Waals surface area (Å²) in [6.45, 7) is 12.0. The highest BCUT2D eigenvalue weighted by Gasteiger charge is 2.05. The standard InChI is InChI=1S/C17H18FNOS.C2H6/c1-11(2)15(19(4)21)10-16-12(3)9-17(20-16)13-5-7-14(18)8-6-13;1-2/h5-10,21H,3H2,1-2,4H3;1-2H3/b16-10+;. The number of hydrogen-bond acceptors (Lipinski definition) is 3. The van der Waals surface area contributed by atoms with Crippen molar-refractivity contribution < 1.29 is 8.81 Å². The molecule has 0 unspecified atom stereocenters. The van der Waals surface area contributed by atoms with Crippen molar-refractivity contribution in [1.29, 1.82) is 0 Å². The van der Waals surface area contributed by atoms with Gasteiger partial charge in [0.15, 0.2) is 0 Å². The summed E-state index contributed by atoms with van der Waals surface area (Å²) in [5.74, 6) is 0.400. The van der Waals surface area contributed by atoms with E-state index in [1.165, 1.54) is 12.1 Å². The quantitative estimate of drug-likeness (QED) is 0.840. The molecule has 0 saturated carbocycles. The molecule has 0 spiro atoms. The average molecular weight is 333 g/mol. The molecule has 0 bridgehead atoms. The molecule has 2 rings (SSSR count). The van der Waals surface area contributed by atoms with Crippen LogP contribution in [-0.2, 0) is 0 Å². The molecule has 23 heavy (non-hydrogen) atoms. The molecule has 124 valence electrons. The monoisotopic (exact) mass is 333 g/mol. The maximum atomic E-state index is 13.0. The second-order valence-corrected chi connectivity index (χ2v) is 5.66. The van der Waals surface area contributed by atoms with Gasteiger partial charge in [0, 0.05) is 29.6 Å². The molecule has 0 amide bonds. The van der Waals surface area contributed by atoms with Gasteiger partial charge in [0.1, 0.15) is 17.0 Å². The lowest BCUT2D eigenvalue weighted by Crippen LogP contribution is -2.19. The van der Waals surface area contributed by atoms with Gasteiger partial charge >= 0.3 is 0 Å². The number of halogens is 1. The van der Waals surface area contributed by atoms with E-state index >= 15 is 0 Å². The molecule has 0 aliphatic heterocycles. The second kappa shape index (κ2) is 8.63. The van der Waals surface area contributed by atoms with Crippen LogP contribution in [0.3, 0.4) is 0 Å². The van der Waals surface area contributed by atoms with E-state index in [9.17, 15) is 4.39 Å². The lowest BCUT2D eigenvalue weighted by atomic mass is 10.2. The van der Waals surface area contributed by atoms with Crippen molar-refractivity contribution in [3.05, 3.63) is 58.1 Å². The minimum atomic E-state index is -0.268. The summed E-state index contributed by atoms with van der Waals surface area (Å²) in [6, 6.07) is 8.04. The summed E-state index contributed by atoms with van der Waals surface area (Å²) in [7, 11) is 1.86. The van der Waals surface area contributed by atoms with Gasteiger partial charge in [0.25, 0.3) is 0 Å². The van der Waals surface area contributed by atoms with Crippen LogP contribution in [0.15, 0.2) is 46.0 Å². The minimum Gasteiger partial charge on any atom is -0.456 e. The van der Waals surface area contributed by atoms with Gasteiger partial charge in [-0.3, -0.25) is 0 Å². The Bertz CT molecular complexity index is 769. The molecule has 0 N–H and O–H groups in total. The van der Waals surface area contributed by atoms with Gasteiger partial charge in [-0.05, 0) is 44.2 Å². The summed E-state index contributed by atoms with van der Waals surface area (Å²) in [6.07, 6.45) is 1.90. The Balaban J connectivity index is 0.00000127. The summed E-state index contributed by atoms with van der Waals surface area (Å²) in [5, 5.41) is 0.781. The van der Waals surface area contributed by atoms with Crippen molar-refractivity contribution in [3.63, 3.8) is 0 Å². The largest absolute Gasteiger partial charge is 0.456 e. The molecule has 0 saturated heterocycles. The molecule has 2 aromatic rings. The van der Waals surface area contributed by atoms with Gasteiger partial charge < -0.3 is 8.72 Å². The lowest BCUT2D eigenvalue weighted by Gasteiger charge is -2.13. The summed E-state index contributed by atoms with van der Waals surface area (Å²) in [4.78, 5) is 0. The van der Waals surface area contributed by atoms with Crippen molar-refractivity contribution in [1.82, 2.24) is 4.31 Å². The Hall–Kier alpha value is -1.94. The number of rotatable bonds is 3. The Morgan fingerprint density at radius 1 is 1.22 bits per heavy atom. The molecule has 4 heteroatoms. The molecule has 0 atom stereocenters. The minimum absolute atomic E-state index is 0.268.